The fourth-order valence-electron chi connectivity index (χ4n) is 17.7. The molecule has 3 heterocycles. The van der Waals surface area contributed by atoms with Crippen molar-refractivity contribution in [3.63, 3.8) is 0 Å². The van der Waals surface area contributed by atoms with Gasteiger partial charge in [0.1, 0.15) is 0 Å². The van der Waals surface area contributed by atoms with Crippen molar-refractivity contribution in [3.8, 4) is 89.8 Å². The molecule has 564 valence electrons. The molecule has 0 fully saturated rings. The summed E-state index contributed by atoms with van der Waals surface area (Å²) in [6, 6.07) is 151. The summed E-state index contributed by atoms with van der Waals surface area (Å²) in [6.45, 7) is 0. The summed E-state index contributed by atoms with van der Waals surface area (Å²) in [5, 5.41) is 28.9. The maximum Gasteiger partial charge on any atom is 0.164 e. The van der Waals surface area contributed by atoms with E-state index in [-0.39, 0.29) is 22.3 Å². The summed E-state index contributed by atoms with van der Waals surface area (Å²) < 4.78 is 5.42. The van der Waals surface area contributed by atoms with E-state index in [2.05, 4.69) is 358 Å². The molecular formula is C114H81N3S2. The standard InChI is InChI=1S/C45H29N3.C36H22S.C30H18S.3CH4/c1-3-13-30(14-4-1)43-46-44(31-15-5-2-6-16-31)48-45(47-43)36-20-12-19-34(28-36)32-17-11-18-33(27-32)35-25-26-41-39-23-8-7-21-37(39)38-22-9-10-24-40(38)42(41)29-35;1-2-13-29-27(11-1)28-12-3-4-14-30(28)34-22-24(19-20-31(29)34)23-9-7-10-25(21-23)26-16-8-17-33-32-15-5-6-18-35(32)37-36(26)33;1-2-10-23-21(8-1)22-9-3-4-11-24(22)28-18-19(16-17-25(23)28)20-13-7-14-27-26-12-5-6-15-29(26)31-30(20)27;;;/h1-29H;1-22H;1-18H;3*1H4. The highest BCUT2D eigenvalue weighted by Crippen LogP contribution is 2.46. The molecule has 21 aromatic carbocycles. The molecule has 0 aliphatic heterocycles. The summed E-state index contributed by atoms with van der Waals surface area (Å²) in [6.07, 6.45) is 0. The van der Waals surface area contributed by atoms with E-state index in [1.165, 1.54) is 182 Å². The van der Waals surface area contributed by atoms with E-state index < -0.39 is 0 Å². The van der Waals surface area contributed by atoms with E-state index in [9.17, 15) is 0 Å². The van der Waals surface area contributed by atoms with Gasteiger partial charge in [-0.1, -0.05) is 392 Å². The molecule has 5 heteroatoms. The van der Waals surface area contributed by atoms with Gasteiger partial charge < -0.3 is 0 Å². The van der Waals surface area contributed by atoms with Crippen LogP contribution in [0.5, 0.6) is 0 Å². The van der Waals surface area contributed by atoms with Crippen molar-refractivity contribution < 1.29 is 0 Å². The molecule has 0 radical (unpaired) electrons. The van der Waals surface area contributed by atoms with Crippen LogP contribution in [0.2, 0.25) is 0 Å². The van der Waals surface area contributed by atoms with Gasteiger partial charge in [0, 0.05) is 57.0 Å². The van der Waals surface area contributed by atoms with Crippen molar-refractivity contribution in [1.82, 2.24) is 15.0 Å². The van der Waals surface area contributed by atoms with E-state index in [1.807, 2.05) is 83.3 Å². The third-order valence-electron chi connectivity index (χ3n) is 23.2. The van der Waals surface area contributed by atoms with Crippen molar-refractivity contribution in [2.45, 2.75) is 22.3 Å². The second-order valence-corrected chi connectivity index (χ2v) is 32.0. The van der Waals surface area contributed by atoms with Crippen molar-refractivity contribution in [2.24, 2.45) is 0 Å². The third-order valence-corrected chi connectivity index (χ3v) is 25.6. The van der Waals surface area contributed by atoms with E-state index in [0.29, 0.717) is 17.5 Å². The number of hydrogen-bond acceptors (Lipinski definition) is 5. The van der Waals surface area contributed by atoms with Crippen molar-refractivity contribution in [3.05, 3.63) is 419 Å². The largest absolute Gasteiger partial charge is 0.208 e. The first-order valence-electron chi connectivity index (χ1n) is 39.5. The zero-order chi connectivity index (χ0) is 76.6. The Morgan fingerprint density at radius 2 is 0.345 bits per heavy atom. The first-order chi connectivity index (χ1) is 57.5. The minimum atomic E-state index is 0. The van der Waals surface area contributed by atoms with Crippen molar-refractivity contribution >= 4 is 160 Å². The van der Waals surface area contributed by atoms with Gasteiger partial charge in [0.25, 0.3) is 0 Å². The molecule has 3 aromatic heterocycles. The van der Waals surface area contributed by atoms with Crippen LogP contribution in [0.25, 0.3) is 227 Å². The minimum absolute atomic E-state index is 0. The number of rotatable bonds is 8. The van der Waals surface area contributed by atoms with Crippen molar-refractivity contribution in [1.29, 1.82) is 0 Å². The van der Waals surface area contributed by atoms with E-state index >= 15 is 0 Å². The molecule has 0 saturated carbocycles. The first kappa shape index (κ1) is 74.5. The zero-order valence-electron chi connectivity index (χ0n) is 63.0. The number of benzene rings is 21. The molecule has 0 atom stereocenters. The van der Waals surface area contributed by atoms with E-state index in [4.69, 9.17) is 15.0 Å². The lowest BCUT2D eigenvalue weighted by molar-refractivity contribution is 1.07. The second kappa shape index (κ2) is 31.5. The summed E-state index contributed by atoms with van der Waals surface area (Å²) in [5.74, 6) is 1.96. The average Bonchev–Trinajstić information content (AvgIpc) is 1.44. The zero-order valence-corrected chi connectivity index (χ0v) is 64.6. The molecule has 24 rings (SSSR count). The molecular weight excluding hydrogens is 1480 g/mol. The van der Waals surface area contributed by atoms with Gasteiger partial charge in [0.15, 0.2) is 17.5 Å². The lowest BCUT2D eigenvalue weighted by atomic mass is 9.91. The number of thiophene rings is 2. The van der Waals surface area contributed by atoms with Crippen LogP contribution in [-0.2, 0) is 0 Å². The lowest BCUT2D eigenvalue weighted by Gasteiger charge is -2.13. The van der Waals surface area contributed by atoms with Gasteiger partial charge in [0.05, 0.1) is 0 Å². The molecule has 119 heavy (non-hydrogen) atoms. The summed E-state index contributed by atoms with van der Waals surface area (Å²) in [7, 11) is 0. The highest BCUT2D eigenvalue weighted by molar-refractivity contribution is 7.26. The Labute approximate surface area is 700 Å². The summed E-state index contributed by atoms with van der Waals surface area (Å²) in [4.78, 5) is 14.8. The Hall–Kier alpha value is -14.6. The molecule has 0 aliphatic carbocycles. The normalized spacial score (nSPS) is 11.3. The molecule has 0 bridgehead atoms. The maximum absolute atomic E-state index is 4.95. The topological polar surface area (TPSA) is 38.7 Å². The van der Waals surface area contributed by atoms with Gasteiger partial charge in [-0.2, -0.15) is 0 Å². The van der Waals surface area contributed by atoms with Crippen LogP contribution in [0.4, 0.5) is 0 Å². The Bertz CT molecular complexity index is 7880. The third kappa shape index (κ3) is 13.3. The average molecular weight is 1560 g/mol. The predicted molar refractivity (Wildman–Crippen MR) is 520 cm³/mol. The Balaban J connectivity index is 0.000000120. The molecule has 0 amide bonds. The van der Waals surface area contributed by atoms with Gasteiger partial charge in [0.2, 0.25) is 0 Å². The lowest BCUT2D eigenvalue weighted by Crippen LogP contribution is -2.00. The second-order valence-electron chi connectivity index (χ2n) is 29.9. The highest BCUT2D eigenvalue weighted by Gasteiger charge is 2.19. The van der Waals surface area contributed by atoms with Crippen LogP contribution in [0.1, 0.15) is 22.3 Å². The summed E-state index contributed by atoms with van der Waals surface area (Å²) >= 11 is 3.78. The molecule has 0 saturated heterocycles. The fourth-order valence-corrected chi connectivity index (χ4v) is 20.2. The molecule has 24 aromatic rings. The number of hydrogen-bond donors (Lipinski definition) is 0. The molecule has 3 nitrogen and oxygen atoms in total. The van der Waals surface area contributed by atoms with Gasteiger partial charge in [-0.15, -0.1) is 22.7 Å². The molecule has 0 N–H and O–H groups in total. The number of fused-ring (bicyclic) bond motifs is 24. The van der Waals surface area contributed by atoms with Gasteiger partial charge in [-0.05, 0) is 201 Å². The minimum Gasteiger partial charge on any atom is -0.208 e. The van der Waals surface area contributed by atoms with E-state index in [1.54, 1.807) is 0 Å². The summed E-state index contributed by atoms with van der Waals surface area (Å²) in [5.41, 5.74) is 15.1. The smallest absolute Gasteiger partial charge is 0.164 e. The SMILES string of the molecule is C.C.C.c1cc(-c2ccc3c4ccccc4c4ccccc4c3c2)cc(-c2cccc3c2sc2ccccc23)c1.c1ccc(-c2nc(-c3ccccc3)nc(-c3cccc(-c4cccc(-c5ccc6c7ccccc7c7ccccc7c6c5)c4)c3)n2)cc1.c1ccc2c(c1)sc1c(-c3ccc4c5ccccc5c5ccccc5c4c3)cccc12. The van der Waals surface area contributed by atoms with Gasteiger partial charge >= 0.3 is 0 Å². The van der Waals surface area contributed by atoms with Crippen LogP contribution >= 0.6 is 22.7 Å². The Kier molecular flexibility index (Phi) is 19.8. The van der Waals surface area contributed by atoms with Crippen LogP contribution < -0.4 is 0 Å². The van der Waals surface area contributed by atoms with E-state index in [0.717, 1.165) is 27.8 Å². The van der Waals surface area contributed by atoms with Gasteiger partial charge in [-0.25, -0.2) is 15.0 Å². The fraction of sp³-hybridized carbons (Fsp3) is 0.0263. The van der Waals surface area contributed by atoms with Crippen LogP contribution in [-0.4, -0.2) is 15.0 Å². The molecule has 0 aliphatic rings. The highest BCUT2D eigenvalue weighted by atomic mass is 32.1. The van der Waals surface area contributed by atoms with Crippen molar-refractivity contribution in [2.75, 3.05) is 0 Å². The quantitative estimate of drug-likeness (QED) is 0.142. The maximum atomic E-state index is 4.95. The predicted octanol–water partition coefficient (Wildman–Crippen LogP) is 33.6. The number of aromatic nitrogens is 3. The van der Waals surface area contributed by atoms with Crippen LogP contribution in [0.3, 0.4) is 0 Å². The van der Waals surface area contributed by atoms with Crippen LogP contribution in [0, 0.1) is 0 Å². The number of nitrogens with zero attached hydrogens (tertiary/aromatic N) is 3. The molecule has 0 unspecified atom stereocenters. The van der Waals surface area contributed by atoms with Gasteiger partial charge in [-0.3, -0.25) is 0 Å². The van der Waals surface area contributed by atoms with Crippen LogP contribution in [0.15, 0.2) is 419 Å². The Morgan fingerprint density at radius 1 is 0.134 bits per heavy atom. The Morgan fingerprint density at radius 3 is 0.697 bits per heavy atom. The molecule has 0 spiro atoms. The monoisotopic (exact) mass is 1560 g/mol. The first-order valence-corrected chi connectivity index (χ1v) is 41.1.